The fourth-order valence-corrected chi connectivity index (χ4v) is 4.44. The van der Waals surface area contributed by atoms with Crippen molar-refractivity contribution in [2.75, 3.05) is 11.1 Å². The van der Waals surface area contributed by atoms with Crippen molar-refractivity contribution in [3.05, 3.63) is 78.0 Å². The number of Topliss-reactive ketones (excluding diaryl/α,β-unsaturated/α-hetero) is 1. The number of anilines is 1. The zero-order valence-corrected chi connectivity index (χ0v) is 18.0. The maximum Gasteiger partial charge on any atom is 0.231 e. The predicted octanol–water partition coefficient (Wildman–Crippen LogP) is 4.01. The number of amides is 1. The molecule has 1 unspecified atom stereocenters. The summed E-state index contributed by atoms with van der Waals surface area (Å²) in [5.41, 5.74) is 3.02. The first-order valence-corrected chi connectivity index (χ1v) is 11.1. The van der Waals surface area contributed by atoms with Crippen LogP contribution in [0.15, 0.2) is 70.7 Å². The number of aromatic nitrogens is 4. The maximum absolute atomic E-state index is 12.9. The van der Waals surface area contributed by atoms with Gasteiger partial charge >= 0.3 is 0 Å². The molecule has 8 nitrogen and oxygen atoms in total. The van der Waals surface area contributed by atoms with Gasteiger partial charge in [0.25, 0.3) is 0 Å². The zero-order chi connectivity index (χ0) is 22.1. The molecule has 4 aromatic rings. The Hall–Kier alpha value is -3.72. The minimum atomic E-state index is -0.260. The number of hydrogen-bond donors (Lipinski definition) is 1. The minimum Gasteiger partial charge on any atom is -0.467 e. The number of carbonyl (C=O) groups excluding carboxylic acids is 2. The monoisotopic (exact) mass is 445 g/mol. The van der Waals surface area contributed by atoms with E-state index in [4.69, 9.17) is 4.42 Å². The van der Waals surface area contributed by atoms with Crippen LogP contribution in [0.25, 0.3) is 11.4 Å². The van der Waals surface area contributed by atoms with E-state index in [9.17, 15) is 9.59 Å². The molecule has 4 heterocycles. The van der Waals surface area contributed by atoms with Gasteiger partial charge in [0.2, 0.25) is 5.91 Å². The van der Waals surface area contributed by atoms with Crippen LogP contribution in [0.1, 0.15) is 34.5 Å². The summed E-state index contributed by atoms with van der Waals surface area (Å²) < 4.78 is 7.43. The molecular weight excluding hydrogens is 426 g/mol. The van der Waals surface area contributed by atoms with E-state index >= 15 is 0 Å². The number of rotatable bonds is 7. The second-order valence-corrected chi connectivity index (χ2v) is 8.38. The molecular formula is C23H19N5O3S. The fraction of sp³-hybridized carbons (Fsp3) is 0.174. The lowest BCUT2D eigenvalue weighted by atomic mass is 9.99. The first kappa shape index (κ1) is 20.2. The topological polar surface area (TPSA) is 103 Å². The number of furan rings is 1. The molecule has 1 aliphatic heterocycles. The van der Waals surface area contributed by atoms with Crippen LogP contribution in [0, 0.1) is 0 Å². The first-order chi connectivity index (χ1) is 15.6. The van der Waals surface area contributed by atoms with Gasteiger partial charge in [-0.15, -0.1) is 10.2 Å². The Kier molecular flexibility index (Phi) is 5.32. The molecule has 0 radical (unpaired) electrons. The molecule has 160 valence electrons. The third-order valence-corrected chi connectivity index (χ3v) is 6.32. The third kappa shape index (κ3) is 3.82. The van der Waals surface area contributed by atoms with Crippen LogP contribution < -0.4 is 5.32 Å². The van der Waals surface area contributed by atoms with Gasteiger partial charge in [-0.05, 0) is 55.0 Å². The highest BCUT2D eigenvalue weighted by Crippen LogP contribution is 2.33. The number of carbonyl (C=O) groups is 2. The van der Waals surface area contributed by atoms with E-state index in [1.165, 1.54) is 11.8 Å². The summed E-state index contributed by atoms with van der Waals surface area (Å²) in [6, 6.07) is 12.8. The third-order valence-electron chi connectivity index (χ3n) is 5.35. The smallest absolute Gasteiger partial charge is 0.231 e. The largest absolute Gasteiger partial charge is 0.467 e. The average Bonchev–Trinajstić information content (AvgIpc) is 3.54. The molecule has 0 aliphatic carbocycles. The van der Waals surface area contributed by atoms with Crippen LogP contribution in [-0.4, -0.2) is 37.2 Å². The van der Waals surface area contributed by atoms with E-state index in [0.717, 1.165) is 22.6 Å². The molecule has 1 amide bonds. The lowest BCUT2D eigenvalue weighted by molar-refractivity contribution is -0.116. The molecule has 0 spiro atoms. The highest BCUT2D eigenvalue weighted by atomic mass is 32.2. The molecule has 0 fully saturated rings. The lowest BCUT2D eigenvalue weighted by Crippen LogP contribution is -2.08. The molecule has 1 aromatic carbocycles. The summed E-state index contributed by atoms with van der Waals surface area (Å²) >= 11 is 1.32. The van der Waals surface area contributed by atoms with Crippen molar-refractivity contribution in [3.63, 3.8) is 0 Å². The average molecular weight is 446 g/mol. The van der Waals surface area contributed by atoms with Crippen LogP contribution in [-0.2, 0) is 11.3 Å². The highest BCUT2D eigenvalue weighted by Gasteiger charge is 2.27. The Morgan fingerprint density at radius 1 is 1.22 bits per heavy atom. The molecule has 5 rings (SSSR count). The van der Waals surface area contributed by atoms with Crippen molar-refractivity contribution < 1.29 is 14.0 Å². The van der Waals surface area contributed by atoms with E-state index in [-0.39, 0.29) is 23.4 Å². The van der Waals surface area contributed by atoms with Crippen LogP contribution >= 0.6 is 11.8 Å². The second-order valence-electron chi connectivity index (χ2n) is 7.44. The van der Waals surface area contributed by atoms with E-state index in [1.807, 2.05) is 35.8 Å². The number of ketones is 1. The summed E-state index contributed by atoms with van der Waals surface area (Å²) in [5.74, 6) is 1.25. The van der Waals surface area contributed by atoms with Crippen LogP contribution in [0.3, 0.4) is 0 Å². The van der Waals surface area contributed by atoms with Gasteiger partial charge in [-0.25, -0.2) is 0 Å². The number of benzene rings is 1. The molecule has 1 atom stereocenters. The molecule has 1 aliphatic rings. The standard InChI is InChI=1S/C23H19N5O3S/c1-14-18-10-15(6-7-19(18)25-22(14)30)20(29)13-32-23-27-26-21(16-4-2-8-24-11-16)28(23)12-17-5-3-9-31-17/h2-11,14H,12-13H2,1H3,(H,25,30). The van der Waals surface area contributed by atoms with Crippen molar-refractivity contribution in [1.29, 1.82) is 0 Å². The van der Waals surface area contributed by atoms with E-state index < -0.39 is 0 Å². The molecule has 0 saturated heterocycles. The van der Waals surface area contributed by atoms with Gasteiger partial charge in [0.1, 0.15) is 5.76 Å². The molecule has 9 heteroatoms. The Labute approximate surface area is 188 Å². The molecule has 32 heavy (non-hydrogen) atoms. The summed E-state index contributed by atoms with van der Waals surface area (Å²) in [4.78, 5) is 28.9. The van der Waals surface area contributed by atoms with Gasteiger partial charge in [-0.3, -0.25) is 19.1 Å². The summed E-state index contributed by atoms with van der Waals surface area (Å²) in [7, 11) is 0. The predicted molar refractivity (Wildman–Crippen MR) is 120 cm³/mol. The first-order valence-electron chi connectivity index (χ1n) is 10.1. The van der Waals surface area contributed by atoms with Crippen LogP contribution in [0.4, 0.5) is 5.69 Å². The van der Waals surface area contributed by atoms with Crippen LogP contribution in [0.5, 0.6) is 0 Å². The molecule has 0 bridgehead atoms. The van der Waals surface area contributed by atoms with Crippen molar-refractivity contribution in [1.82, 2.24) is 19.7 Å². The Morgan fingerprint density at radius 2 is 2.12 bits per heavy atom. The van der Waals surface area contributed by atoms with Crippen molar-refractivity contribution >= 4 is 29.1 Å². The van der Waals surface area contributed by atoms with E-state index in [1.54, 1.807) is 36.9 Å². The van der Waals surface area contributed by atoms with Gasteiger partial charge < -0.3 is 9.73 Å². The second kappa shape index (κ2) is 8.43. The number of nitrogens with zero attached hydrogens (tertiary/aromatic N) is 4. The zero-order valence-electron chi connectivity index (χ0n) is 17.2. The molecule has 1 N–H and O–H groups in total. The number of thioether (sulfide) groups is 1. The number of hydrogen-bond acceptors (Lipinski definition) is 7. The van der Waals surface area contributed by atoms with Gasteiger partial charge in [0, 0.05) is 29.2 Å². The summed E-state index contributed by atoms with van der Waals surface area (Å²) in [6.07, 6.45) is 5.04. The Morgan fingerprint density at radius 3 is 2.91 bits per heavy atom. The Balaban J connectivity index is 1.38. The van der Waals surface area contributed by atoms with E-state index in [0.29, 0.717) is 23.1 Å². The molecule has 0 saturated carbocycles. The quantitative estimate of drug-likeness (QED) is 0.339. The SMILES string of the molecule is CC1C(=O)Nc2ccc(C(=O)CSc3nnc(-c4cccnc4)n3Cc3ccco3)cc21. The summed E-state index contributed by atoms with van der Waals surface area (Å²) in [6.45, 7) is 2.27. The number of fused-ring (bicyclic) bond motifs is 1. The van der Waals surface area contributed by atoms with Crippen molar-refractivity contribution in [2.24, 2.45) is 0 Å². The molecule has 3 aromatic heterocycles. The van der Waals surface area contributed by atoms with Gasteiger partial charge in [-0.1, -0.05) is 11.8 Å². The summed E-state index contributed by atoms with van der Waals surface area (Å²) in [5, 5.41) is 12.1. The Bertz CT molecular complexity index is 1280. The maximum atomic E-state index is 12.9. The van der Waals surface area contributed by atoms with Crippen molar-refractivity contribution in [2.45, 2.75) is 24.5 Å². The van der Waals surface area contributed by atoms with E-state index in [2.05, 4.69) is 20.5 Å². The highest BCUT2D eigenvalue weighted by molar-refractivity contribution is 7.99. The van der Waals surface area contributed by atoms with Crippen molar-refractivity contribution in [3.8, 4) is 11.4 Å². The van der Waals surface area contributed by atoms with Crippen LogP contribution in [0.2, 0.25) is 0 Å². The lowest BCUT2D eigenvalue weighted by Gasteiger charge is -2.09. The van der Waals surface area contributed by atoms with Gasteiger partial charge in [-0.2, -0.15) is 0 Å². The number of pyridine rings is 1. The fourth-order valence-electron chi connectivity index (χ4n) is 3.61. The van der Waals surface area contributed by atoms with Gasteiger partial charge in [0.15, 0.2) is 16.8 Å². The number of nitrogens with one attached hydrogen (secondary N) is 1. The van der Waals surface area contributed by atoms with Gasteiger partial charge in [0.05, 0.1) is 24.5 Å². The minimum absolute atomic E-state index is 0.0418. The normalized spacial score (nSPS) is 14.9.